The molecule has 0 saturated heterocycles. The molecule has 1 aromatic rings. The number of rotatable bonds is 4. The molecule has 2 unspecified atom stereocenters. The van der Waals surface area contributed by atoms with Gasteiger partial charge in [0.1, 0.15) is 0 Å². The predicted octanol–water partition coefficient (Wildman–Crippen LogP) is 2.63. The van der Waals surface area contributed by atoms with Crippen LogP contribution in [0.15, 0.2) is 24.3 Å². The molecule has 1 aliphatic rings. The zero-order valence-corrected chi connectivity index (χ0v) is 10.7. The van der Waals surface area contributed by atoms with Crippen LogP contribution in [0.4, 0.5) is 11.4 Å². The van der Waals surface area contributed by atoms with E-state index in [9.17, 15) is 9.59 Å². The fraction of sp³-hybridized carbons (Fsp3) is 0.429. The van der Waals surface area contributed by atoms with E-state index >= 15 is 0 Å². The predicted molar refractivity (Wildman–Crippen MR) is 71.3 cm³/mol. The Hall–Kier alpha value is -1.84. The molecule has 2 rings (SSSR count). The maximum atomic E-state index is 11.8. The lowest BCUT2D eigenvalue weighted by molar-refractivity contribution is -0.117. The molecule has 0 radical (unpaired) electrons. The lowest BCUT2D eigenvalue weighted by Gasteiger charge is -2.08. The van der Waals surface area contributed by atoms with Crippen molar-refractivity contribution in [3.8, 4) is 0 Å². The summed E-state index contributed by atoms with van der Waals surface area (Å²) in [6.07, 6.45) is 1.41. The summed E-state index contributed by atoms with van der Waals surface area (Å²) in [5, 5.41) is 5.64. The van der Waals surface area contributed by atoms with Gasteiger partial charge in [-0.2, -0.15) is 0 Å². The van der Waals surface area contributed by atoms with Crippen molar-refractivity contribution < 1.29 is 9.59 Å². The van der Waals surface area contributed by atoms with Gasteiger partial charge in [-0.15, -0.1) is 0 Å². The summed E-state index contributed by atoms with van der Waals surface area (Å²) in [7, 11) is 0. The highest BCUT2D eigenvalue weighted by Gasteiger charge is 2.39. The minimum atomic E-state index is -0.0331. The summed E-state index contributed by atoms with van der Waals surface area (Å²) in [5.74, 6) is 0.683. The standard InChI is InChI=1S/C14H18N2O2/c1-3-13(17)15-10-5-4-6-11(8-10)16-14(18)12-7-9(12)2/h4-6,8-9,12H,3,7H2,1-2H3,(H,15,17)(H,16,18). The quantitative estimate of drug-likeness (QED) is 0.858. The molecule has 1 fully saturated rings. The molecule has 1 aromatic carbocycles. The Morgan fingerprint density at radius 2 is 1.89 bits per heavy atom. The first-order valence-corrected chi connectivity index (χ1v) is 6.31. The van der Waals surface area contributed by atoms with Crippen LogP contribution in [0.25, 0.3) is 0 Å². The molecule has 2 N–H and O–H groups in total. The van der Waals surface area contributed by atoms with Crippen LogP contribution in [0.5, 0.6) is 0 Å². The van der Waals surface area contributed by atoms with Crippen LogP contribution >= 0.6 is 0 Å². The molecule has 1 aliphatic carbocycles. The third-order valence-electron chi connectivity index (χ3n) is 3.18. The minimum absolute atomic E-state index is 0.0331. The number of hydrogen-bond donors (Lipinski definition) is 2. The molecule has 4 heteroatoms. The van der Waals surface area contributed by atoms with Crippen LogP contribution in [-0.2, 0) is 9.59 Å². The highest BCUT2D eigenvalue weighted by molar-refractivity contribution is 5.96. The van der Waals surface area contributed by atoms with Crippen LogP contribution in [0.3, 0.4) is 0 Å². The van der Waals surface area contributed by atoms with Gasteiger partial charge >= 0.3 is 0 Å². The van der Waals surface area contributed by atoms with Crippen LogP contribution in [0.2, 0.25) is 0 Å². The van der Waals surface area contributed by atoms with E-state index in [1.807, 2.05) is 18.2 Å². The molecule has 0 bridgehead atoms. The van der Waals surface area contributed by atoms with Crippen molar-refractivity contribution in [2.45, 2.75) is 26.7 Å². The summed E-state index contributed by atoms with van der Waals surface area (Å²) < 4.78 is 0. The molecule has 0 aliphatic heterocycles. The topological polar surface area (TPSA) is 58.2 Å². The Balaban J connectivity index is 1.98. The first kappa shape index (κ1) is 12.6. The SMILES string of the molecule is CCC(=O)Nc1cccc(NC(=O)C2CC2C)c1. The van der Waals surface area contributed by atoms with E-state index in [0.29, 0.717) is 18.0 Å². The van der Waals surface area contributed by atoms with E-state index in [4.69, 9.17) is 0 Å². The Kier molecular flexibility index (Phi) is 3.65. The number of carbonyl (C=O) groups is 2. The van der Waals surface area contributed by atoms with E-state index in [0.717, 1.165) is 12.1 Å². The summed E-state index contributed by atoms with van der Waals surface area (Å²) in [5.41, 5.74) is 1.44. The second kappa shape index (κ2) is 5.21. The van der Waals surface area contributed by atoms with Gasteiger partial charge in [-0.25, -0.2) is 0 Å². The second-order valence-corrected chi connectivity index (χ2v) is 4.79. The first-order valence-electron chi connectivity index (χ1n) is 6.31. The highest BCUT2D eigenvalue weighted by Crippen LogP contribution is 2.38. The van der Waals surface area contributed by atoms with Gasteiger partial charge in [-0.1, -0.05) is 19.9 Å². The zero-order chi connectivity index (χ0) is 13.1. The van der Waals surface area contributed by atoms with E-state index in [2.05, 4.69) is 17.6 Å². The maximum absolute atomic E-state index is 11.8. The van der Waals surface area contributed by atoms with Crippen molar-refractivity contribution in [1.82, 2.24) is 0 Å². The van der Waals surface area contributed by atoms with Crippen molar-refractivity contribution in [2.75, 3.05) is 10.6 Å². The molecule has 0 heterocycles. The van der Waals surface area contributed by atoms with Gasteiger partial charge in [0.05, 0.1) is 0 Å². The number of hydrogen-bond acceptors (Lipinski definition) is 2. The van der Waals surface area contributed by atoms with Gasteiger partial charge in [-0.05, 0) is 30.5 Å². The van der Waals surface area contributed by atoms with Gasteiger partial charge in [0, 0.05) is 23.7 Å². The average Bonchev–Trinajstić information content (AvgIpc) is 3.07. The number of carbonyl (C=O) groups excluding carboxylic acids is 2. The van der Waals surface area contributed by atoms with Gasteiger partial charge in [-0.3, -0.25) is 9.59 Å². The summed E-state index contributed by atoms with van der Waals surface area (Å²) in [4.78, 5) is 23.1. The molecular formula is C14H18N2O2. The van der Waals surface area contributed by atoms with Gasteiger partial charge in [0.2, 0.25) is 11.8 Å². The Morgan fingerprint density at radius 1 is 1.28 bits per heavy atom. The summed E-state index contributed by atoms with van der Waals surface area (Å²) in [6.45, 7) is 3.87. The second-order valence-electron chi connectivity index (χ2n) is 4.79. The Bertz CT molecular complexity index is 471. The van der Waals surface area contributed by atoms with E-state index in [-0.39, 0.29) is 17.7 Å². The Morgan fingerprint density at radius 3 is 2.44 bits per heavy atom. The van der Waals surface area contributed by atoms with Crippen molar-refractivity contribution in [3.05, 3.63) is 24.3 Å². The van der Waals surface area contributed by atoms with Crippen molar-refractivity contribution in [1.29, 1.82) is 0 Å². The maximum Gasteiger partial charge on any atom is 0.227 e. The number of nitrogens with one attached hydrogen (secondary N) is 2. The highest BCUT2D eigenvalue weighted by atomic mass is 16.2. The lowest BCUT2D eigenvalue weighted by atomic mass is 10.2. The van der Waals surface area contributed by atoms with E-state index < -0.39 is 0 Å². The van der Waals surface area contributed by atoms with Gasteiger partial charge < -0.3 is 10.6 Å². The Labute approximate surface area is 107 Å². The van der Waals surface area contributed by atoms with E-state index in [1.165, 1.54) is 0 Å². The minimum Gasteiger partial charge on any atom is -0.326 e. The number of amides is 2. The molecule has 4 nitrogen and oxygen atoms in total. The fourth-order valence-corrected chi connectivity index (χ4v) is 1.85. The van der Waals surface area contributed by atoms with Gasteiger partial charge in [0.25, 0.3) is 0 Å². The third kappa shape index (κ3) is 3.09. The van der Waals surface area contributed by atoms with Gasteiger partial charge in [0.15, 0.2) is 0 Å². The summed E-state index contributed by atoms with van der Waals surface area (Å²) >= 11 is 0. The normalized spacial score (nSPS) is 21.2. The molecule has 2 atom stereocenters. The smallest absolute Gasteiger partial charge is 0.227 e. The van der Waals surface area contributed by atoms with Crippen molar-refractivity contribution in [2.24, 2.45) is 11.8 Å². The van der Waals surface area contributed by atoms with Crippen LogP contribution < -0.4 is 10.6 Å². The fourth-order valence-electron chi connectivity index (χ4n) is 1.85. The van der Waals surface area contributed by atoms with Crippen LogP contribution in [-0.4, -0.2) is 11.8 Å². The molecule has 1 saturated carbocycles. The third-order valence-corrected chi connectivity index (χ3v) is 3.18. The van der Waals surface area contributed by atoms with Crippen molar-refractivity contribution >= 4 is 23.2 Å². The number of anilines is 2. The van der Waals surface area contributed by atoms with Crippen LogP contribution in [0, 0.1) is 11.8 Å². The zero-order valence-electron chi connectivity index (χ0n) is 10.7. The molecule has 2 amide bonds. The molecule has 18 heavy (non-hydrogen) atoms. The van der Waals surface area contributed by atoms with E-state index in [1.54, 1.807) is 13.0 Å². The largest absolute Gasteiger partial charge is 0.326 e. The van der Waals surface area contributed by atoms with Crippen molar-refractivity contribution in [3.63, 3.8) is 0 Å². The average molecular weight is 246 g/mol. The monoisotopic (exact) mass is 246 g/mol. The lowest BCUT2D eigenvalue weighted by Crippen LogP contribution is -2.15. The van der Waals surface area contributed by atoms with Crippen LogP contribution in [0.1, 0.15) is 26.7 Å². The summed E-state index contributed by atoms with van der Waals surface area (Å²) in [6, 6.07) is 7.23. The molecule has 0 spiro atoms. The molecular weight excluding hydrogens is 228 g/mol. The molecule has 0 aromatic heterocycles. The number of benzene rings is 1. The molecule has 96 valence electrons. The first-order chi connectivity index (χ1) is 8.60.